The van der Waals surface area contributed by atoms with E-state index < -0.39 is 6.00 Å². The van der Waals surface area contributed by atoms with Crippen LogP contribution in [-0.2, 0) is 0 Å². The molecule has 0 amide bonds. The third-order valence-electron chi connectivity index (χ3n) is 0.418. The molecule has 0 unspecified atom stereocenters. The van der Waals surface area contributed by atoms with Crippen molar-refractivity contribution in [2.45, 2.75) is 6.92 Å². The standard InChI is InChI=1S/C5H5Cl3Si/c1-5(2)3-4-9(6,7)8/h1H2,2H3. The van der Waals surface area contributed by atoms with Crippen LogP contribution in [0.5, 0.6) is 0 Å². The summed E-state index contributed by atoms with van der Waals surface area (Å²) in [7, 11) is 0. The molecule has 0 bridgehead atoms. The van der Waals surface area contributed by atoms with Crippen molar-refractivity contribution in [3.8, 4) is 11.5 Å². The van der Waals surface area contributed by atoms with Crippen LogP contribution in [0.2, 0.25) is 0 Å². The first-order chi connectivity index (χ1) is 3.92. The van der Waals surface area contributed by atoms with Crippen LogP contribution in [0, 0.1) is 11.5 Å². The number of allylic oxidation sites excluding steroid dienone is 1. The quantitative estimate of drug-likeness (QED) is 0.320. The van der Waals surface area contributed by atoms with E-state index in [1.54, 1.807) is 6.92 Å². The fourth-order valence-electron chi connectivity index (χ4n) is 0.178. The Morgan fingerprint density at radius 3 is 2.00 bits per heavy atom. The van der Waals surface area contributed by atoms with E-state index in [1.165, 1.54) is 0 Å². The second-order valence-corrected chi connectivity index (χ2v) is 9.62. The van der Waals surface area contributed by atoms with Gasteiger partial charge in [-0.05, 0) is 12.5 Å². The highest BCUT2D eigenvalue weighted by Crippen LogP contribution is 2.17. The van der Waals surface area contributed by atoms with E-state index in [1.807, 2.05) is 0 Å². The van der Waals surface area contributed by atoms with E-state index in [-0.39, 0.29) is 0 Å². The molecule has 0 aromatic rings. The highest BCUT2D eigenvalue weighted by molar-refractivity contribution is 7.67. The first kappa shape index (κ1) is 9.39. The van der Waals surface area contributed by atoms with Gasteiger partial charge < -0.3 is 0 Å². The van der Waals surface area contributed by atoms with Crippen LogP contribution < -0.4 is 0 Å². The topological polar surface area (TPSA) is 0 Å². The molecule has 0 heterocycles. The third kappa shape index (κ3) is 8.39. The lowest BCUT2D eigenvalue weighted by Gasteiger charge is -1.91. The summed E-state index contributed by atoms with van der Waals surface area (Å²) in [6, 6.07) is -2.73. The Balaban J connectivity index is 4.04. The molecule has 0 fully saturated rings. The minimum absolute atomic E-state index is 0.717. The van der Waals surface area contributed by atoms with Crippen LogP contribution in [0.15, 0.2) is 12.2 Å². The van der Waals surface area contributed by atoms with Crippen LogP contribution >= 0.6 is 33.2 Å². The molecule has 0 aliphatic carbocycles. The van der Waals surface area contributed by atoms with Crippen molar-refractivity contribution in [1.82, 2.24) is 0 Å². The lowest BCUT2D eigenvalue weighted by atomic mass is 10.4. The summed E-state index contributed by atoms with van der Waals surface area (Å²) in [5, 5.41) is 0. The second-order valence-electron chi connectivity index (χ2n) is 1.53. The van der Waals surface area contributed by atoms with Crippen molar-refractivity contribution < 1.29 is 0 Å². The molecule has 0 N–H and O–H groups in total. The lowest BCUT2D eigenvalue weighted by Crippen LogP contribution is -2.04. The van der Waals surface area contributed by atoms with Gasteiger partial charge in [-0.15, -0.1) is 33.2 Å². The van der Waals surface area contributed by atoms with Gasteiger partial charge in [0.05, 0.1) is 0 Å². The molecule has 0 saturated carbocycles. The van der Waals surface area contributed by atoms with Crippen LogP contribution in [0.4, 0.5) is 0 Å². The molecule has 50 valence electrons. The Morgan fingerprint density at radius 1 is 1.44 bits per heavy atom. The molecule has 4 heteroatoms. The Bertz CT molecular complexity index is 169. The fraction of sp³-hybridized carbons (Fsp3) is 0.200. The Kier molecular flexibility index (Phi) is 3.68. The van der Waals surface area contributed by atoms with Gasteiger partial charge >= 0.3 is 6.00 Å². The predicted octanol–water partition coefficient (Wildman–Crippen LogP) is 2.76. The summed E-state index contributed by atoms with van der Waals surface area (Å²) in [4.78, 5) is 0. The molecule has 9 heavy (non-hydrogen) atoms. The average molecular weight is 200 g/mol. The minimum Gasteiger partial charge on any atom is -0.113 e. The normalized spacial score (nSPS) is 9.78. The summed E-state index contributed by atoms with van der Waals surface area (Å²) in [6.45, 7) is 5.29. The summed E-state index contributed by atoms with van der Waals surface area (Å²) in [5.41, 5.74) is 3.22. The fourth-order valence-corrected chi connectivity index (χ4v) is 0.958. The van der Waals surface area contributed by atoms with Crippen molar-refractivity contribution >= 4 is 39.2 Å². The van der Waals surface area contributed by atoms with E-state index in [0.29, 0.717) is 5.57 Å². The van der Waals surface area contributed by atoms with Gasteiger partial charge in [0.1, 0.15) is 0 Å². The third-order valence-corrected chi connectivity index (χ3v) is 1.68. The molecule has 0 rings (SSSR count). The number of hydrogen-bond donors (Lipinski definition) is 0. The zero-order valence-electron chi connectivity index (χ0n) is 4.84. The summed E-state index contributed by atoms with van der Waals surface area (Å²) >= 11 is 16.3. The first-order valence-corrected chi connectivity index (χ1v) is 7.21. The molecule has 0 aromatic heterocycles. The van der Waals surface area contributed by atoms with Crippen molar-refractivity contribution in [2.75, 3.05) is 0 Å². The highest BCUT2D eigenvalue weighted by Gasteiger charge is 2.20. The maximum Gasteiger partial charge on any atom is 0.422 e. The monoisotopic (exact) mass is 198 g/mol. The number of rotatable bonds is 0. The van der Waals surface area contributed by atoms with Gasteiger partial charge in [-0.1, -0.05) is 18.0 Å². The van der Waals surface area contributed by atoms with Gasteiger partial charge in [-0.25, -0.2) is 0 Å². The van der Waals surface area contributed by atoms with Gasteiger partial charge in [0.25, 0.3) is 0 Å². The van der Waals surface area contributed by atoms with Crippen LogP contribution in [0.3, 0.4) is 0 Å². The molecule has 0 radical (unpaired) electrons. The maximum absolute atomic E-state index is 5.43. The zero-order valence-corrected chi connectivity index (χ0v) is 8.11. The van der Waals surface area contributed by atoms with E-state index >= 15 is 0 Å². The van der Waals surface area contributed by atoms with Gasteiger partial charge in [0.2, 0.25) is 0 Å². The average Bonchev–Trinajstić information content (AvgIpc) is 1.59. The van der Waals surface area contributed by atoms with E-state index in [4.69, 9.17) is 33.2 Å². The molecular weight excluding hydrogens is 194 g/mol. The second kappa shape index (κ2) is 3.53. The van der Waals surface area contributed by atoms with Crippen molar-refractivity contribution in [3.63, 3.8) is 0 Å². The molecule has 0 aliphatic heterocycles. The van der Waals surface area contributed by atoms with Gasteiger partial charge in [0.15, 0.2) is 0 Å². The maximum atomic E-state index is 5.43. The Morgan fingerprint density at radius 2 is 1.89 bits per heavy atom. The molecule has 0 aliphatic rings. The van der Waals surface area contributed by atoms with Gasteiger partial charge in [-0.3, -0.25) is 0 Å². The van der Waals surface area contributed by atoms with Crippen LogP contribution in [-0.4, -0.2) is 6.00 Å². The summed E-state index contributed by atoms with van der Waals surface area (Å²) in [5.74, 6) is 2.61. The smallest absolute Gasteiger partial charge is 0.113 e. The summed E-state index contributed by atoms with van der Waals surface area (Å²) in [6.07, 6.45) is 0. The molecule has 0 saturated heterocycles. The van der Waals surface area contributed by atoms with Crippen molar-refractivity contribution in [2.24, 2.45) is 0 Å². The molecule has 0 spiro atoms. The van der Waals surface area contributed by atoms with E-state index in [9.17, 15) is 0 Å². The van der Waals surface area contributed by atoms with Crippen LogP contribution in [0.25, 0.3) is 0 Å². The van der Waals surface area contributed by atoms with Crippen LogP contribution in [0.1, 0.15) is 6.92 Å². The molecule has 0 nitrogen and oxygen atoms in total. The molecule has 0 aromatic carbocycles. The van der Waals surface area contributed by atoms with Crippen molar-refractivity contribution in [3.05, 3.63) is 12.2 Å². The first-order valence-electron chi connectivity index (χ1n) is 2.17. The van der Waals surface area contributed by atoms with E-state index in [0.717, 1.165) is 0 Å². The molecule has 0 atom stereocenters. The predicted molar refractivity (Wildman–Crippen MR) is 45.9 cm³/mol. The van der Waals surface area contributed by atoms with Gasteiger partial charge in [0, 0.05) is 0 Å². The van der Waals surface area contributed by atoms with E-state index in [2.05, 4.69) is 18.0 Å². The van der Waals surface area contributed by atoms with Gasteiger partial charge in [-0.2, -0.15) is 0 Å². The Labute approximate surface area is 69.9 Å². The van der Waals surface area contributed by atoms with Crippen molar-refractivity contribution in [1.29, 1.82) is 0 Å². The molecular formula is C5H5Cl3Si. The number of hydrogen-bond acceptors (Lipinski definition) is 0. The highest BCUT2D eigenvalue weighted by atomic mass is 35.8. The summed E-state index contributed by atoms with van der Waals surface area (Å²) < 4.78 is 0. The zero-order chi connectivity index (χ0) is 7.49. The number of halogens is 3. The SMILES string of the molecule is C=C(C)C#C[Si](Cl)(Cl)Cl. The Hall–Kier alpha value is 0.387. The largest absolute Gasteiger partial charge is 0.422 e. The minimum atomic E-state index is -2.73. The lowest BCUT2D eigenvalue weighted by molar-refractivity contribution is 1.63.